The van der Waals surface area contributed by atoms with Crippen molar-refractivity contribution in [2.45, 2.75) is 6.92 Å². The van der Waals surface area contributed by atoms with Gasteiger partial charge in [-0.15, -0.1) is 0 Å². The molecular formula is C11H11BrN2. The van der Waals surface area contributed by atoms with Crippen LogP contribution in [0.25, 0.3) is 11.3 Å². The van der Waals surface area contributed by atoms with E-state index in [1.54, 1.807) is 0 Å². The van der Waals surface area contributed by atoms with Crippen LogP contribution < -0.4 is 0 Å². The van der Waals surface area contributed by atoms with Gasteiger partial charge in [0, 0.05) is 7.05 Å². The maximum Gasteiger partial charge on any atom is 0.128 e. The number of rotatable bonds is 1. The average molecular weight is 251 g/mol. The van der Waals surface area contributed by atoms with E-state index in [-0.39, 0.29) is 0 Å². The van der Waals surface area contributed by atoms with Crippen LogP contribution in [-0.4, -0.2) is 9.78 Å². The van der Waals surface area contributed by atoms with Crippen LogP contribution in [0, 0.1) is 6.92 Å². The quantitative estimate of drug-likeness (QED) is 0.761. The fourth-order valence-corrected chi connectivity index (χ4v) is 1.88. The first kappa shape index (κ1) is 9.46. The third-order valence-electron chi connectivity index (χ3n) is 2.20. The van der Waals surface area contributed by atoms with E-state index < -0.39 is 0 Å². The molecule has 0 aliphatic carbocycles. The second-order valence-corrected chi connectivity index (χ2v) is 4.15. The van der Waals surface area contributed by atoms with Gasteiger partial charge in [0.25, 0.3) is 0 Å². The fraction of sp³-hybridized carbons (Fsp3) is 0.182. The van der Waals surface area contributed by atoms with Crippen molar-refractivity contribution in [3.8, 4) is 11.3 Å². The second-order valence-electron chi connectivity index (χ2n) is 3.34. The van der Waals surface area contributed by atoms with Gasteiger partial charge >= 0.3 is 0 Å². The van der Waals surface area contributed by atoms with Crippen molar-refractivity contribution in [3.63, 3.8) is 0 Å². The monoisotopic (exact) mass is 250 g/mol. The summed E-state index contributed by atoms with van der Waals surface area (Å²) in [4.78, 5) is 0. The summed E-state index contributed by atoms with van der Waals surface area (Å²) in [6, 6.07) is 10.5. The highest BCUT2D eigenvalue weighted by atomic mass is 79.9. The zero-order chi connectivity index (χ0) is 10.1. The van der Waals surface area contributed by atoms with E-state index in [0.717, 1.165) is 10.3 Å². The van der Waals surface area contributed by atoms with Gasteiger partial charge in [0.2, 0.25) is 0 Å². The first-order chi connectivity index (χ1) is 6.66. The fourth-order valence-electron chi connectivity index (χ4n) is 1.43. The molecule has 0 bridgehead atoms. The zero-order valence-electron chi connectivity index (χ0n) is 8.16. The largest absolute Gasteiger partial charge is 0.267 e. The molecule has 0 spiro atoms. The lowest BCUT2D eigenvalue weighted by Gasteiger charge is -2.01. The van der Waals surface area contributed by atoms with Crippen LogP contribution in [0.5, 0.6) is 0 Å². The molecule has 0 atom stereocenters. The summed E-state index contributed by atoms with van der Waals surface area (Å²) in [5.41, 5.74) is 3.59. The lowest BCUT2D eigenvalue weighted by molar-refractivity contribution is 0.768. The van der Waals surface area contributed by atoms with E-state index in [1.807, 2.05) is 17.8 Å². The van der Waals surface area contributed by atoms with Crippen LogP contribution in [0.4, 0.5) is 0 Å². The Morgan fingerprint density at radius 1 is 1.21 bits per heavy atom. The molecule has 0 saturated carbocycles. The Kier molecular flexibility index (Phi) is 2.42. The summed E-state index contributed by atoms with van der Waals surface area (Å²) in [7, 11) is 1.94. The lowest BCUT2D eigenvalue weighted by Crippen LogP contribution is -1.93. The summed E-state index contributed by atoms with van der Waals surface area (Å²) in [6.45, 7) is 2.09. The van der Waals surface area contributed by atoms with Crippen molar-refractivity contribution >= 4 is 15.9 Å². The third kappa shape index (κ3) is 1.73. The van der Waals surface area contributed by atoms with E-state index in [2.05, 4.69) is 52.2 Å². The first-order valence-corrected chi connectivity index (χ1v) is 5.23. The SMILES string of the molecule is Cc1ccc(-c2cc(Br)nn2C)cc1. The molecule has 0 unspecified atom stereocenters. The summed E-state index contributed by atoms with van der Waals surface area (Å²) in [5.74, 6) is 0. The van der Waals surface area contributed by atoms with Crippen LogP contribution in [-0.2, 0) is 7.05 Å². The number of hydrogen-bond donors (Lipinski definition) is 0. The normalized spacial score (nSPS) is 10.5. The predicted molar refractivity (Wildman–Crippen MR) is 61.1 cm³/mol. The summed E-state index contributed by atoms with van der Waals surface area (Å²) in [5, 5.41) is 4.24. The molecule has 2 aromatic rings. The van der Waals surface area contributed by atoms with Gasteiger partial charge in [-0.05, 0) is 34.5 Å². The van der Waals surface area contributed by atoms with Crippen LogP contribution in [0.15, 0.2) is 34.9 Å². The molecule has 1 aromatic heterocycles. The highest BCUT2D eigenvalue weighted by Crippen LogP contribution is 2.22. The van der Waals surface area contributed by atoms with Gasteiger partial charge in [0.1, 0.15) is 4.60 Å². The molecule has 0 fully saturated rings. The topological polar surface area (TPSA) is 17.8 Å². The Morgan fingerprint density at radius 2 is 1.86 bits per heavy atom. The minimum Gasteiger partial charge on any atom is -0.267 e. The van der Waals surface area contributed by atoms with Crippen LogP contribution in [0.3, 0.4) is 0 Å². The zero-order valence-corrected chi connectivity index (χ0v) is 9.75. The van der Waals surface area contributed by atoms with E-state index in [0.29, 0.717) is 0 Å². The van der Waals surface area contributed by atoms with E-state index in [1.165, 1.54) is 11.1 Å². The third-order valence-corrected chi connectivity index (χ3v) is 2.58. The Balaban J connectivity index is 2.49. The van der Waals surface area contributed by atoms with E-state index >= 15 is 0 Å². The molecule has 1 heterocycles. The maximum absolute atomic E-state index is 4.24. The van der Waals surface area contributed by atoms with Crippen molar-refractivity contribution in [1.82, 2.24) is 9.78 Å². The van der Waals surface area contributed by atoms with Gasteiger partial charge < -0.3 is 0 Å². The molecule has 0 saturated heterocycles. The Labute approximate surface area is 91.7 Å². The van der Waals surface area contributed by atoms with Gasteiger partial charge in [-0.2, -0.15) is 5.10 Å². The van der Waals surface area contributed by atoms with E-state index in [4.69, 9.17) is 0 Å². The standard InChI is InChI=1S/C11H11BrN2/c1-8-3-5-9(6-4-8)10-7-11(12)13-14(10)2/h3-7H,1-2H3. The Morgan fingerprint density at radius 3 is 2.36 bits per heavy atom. The molecule has 0 N–H and O–H groups in total. The molecule has 2 nitrogen and oxygen atoms in total. The first-order valence-electron chi connectivity index (χ1n) is 4.43. The minimum absolute atomic E-state index is 0.871. The van der Waals surface area contributed by atoms with Gasteiger partial charge in [0.05, 0.1) is 5.69 Å². The summed E-state index contributed by atoms with van der Waals surface area (Å²) < 4.78 is 2.74. The van der Waals surface area contributed by atoms with Gasteiger partial charge in [0.15, 0.2) is 0 Å². The molecule has 0 aliphatic heterocycles. The van der Waals surface area contributed by atoms with Gasteiger partial charge in [-0.1, -0.05) is 29.8 Å². The average Bonchev–Trinajstić information content (AvgIpc) is 2.47. The number of hydrogen-bond acceptors (Lipinski definition) is 1. The Bertz CT molecular complexity index is 443. The van der Waals surface area contributed by atoms with Crippen molar-refractivity contribution in [2.75, 3.05) is 0 Å². The number of aromatic nitrogens is 2. The number of benzene rings is 1. The molecule has 0 aliphatic rings. The number of nitrogens with zero attached hydrogens (tertiary/aromatic N) is 2. The van der Waals surface area contributed by atoms with Crippen LogP contribution in [0.1, 0.15) is 5.56 Å². The Hall–Kier alpha value is -1.09. The molecule has 72 valence electrons. The number of halogens is 1. The molecule has 0 radical (unpaired) electrons. The molecular weight excluding hydrogens is 240 g/mol. The highest BCUT2D eigenvalue weighted by molar-refractivity contribution is 9.10. The molecule has 0 amide bonds. The van der Waals surface area contributed by atoms with Gasteiger partial charge in [-0.25, -0.2) is 0 Å². The summed E-state index contributed by atoms with van der Waals surface area (Å²) >= 11 is 3.36. The highest BCUT2D eigenvalue weighted by Gasteiger charge is 2.04. The minimum atomic E-state index is 0.871. The predicted octanol–water partition coefficient (Wildman–Crippen LogP) is 3.16. The smallest absolute Gasteiger partial charge is 0.128 e. The second kappa shape index (κ2) is 3.58. The molecule has 14 heavy (non-hydrogen) atoms. The van der Waals surface area contributed by atoms with Crippen molar-refractivity contribution in [3.05, 3.63) is 40.5 Å². The van der Waals surface area contributed by atoms with Crippen LogP contribution in [0.2, 0.25) is 0 Å². The van der Waals surface area contributed by atoms with Crippen molar-refractivity contribution in [1.29, 1.82) is 0 Å². The van der Waals surface area contributed by atoms with Gasteiger partial charge in [-0.3, -0.25) is 4.68 Å². The molecule has 2 rings (SSSR count). The number of aryl methyl sites for hydroxylation is 2. The molecule has 1 aromatic carbocycles. The molecule has 3 heteroatoms. The maximum atomic E-state index is 4.24. The van der Waals surface area contributed by atoms with Crippen molar-refractivity contribution in [2.24, 2.45) is 7.05 Å². The lowest BCUT2D eigenvalue weighted by atomic mass is 10.1. The summed E-state index contributed by atoms with van der Waals surface area (Å²) in [6.07, 6.45) is 0. The van der Waals surface area contributed by atoms with Crippen molar-refractivity contribution < 1.29 is 0 Å². The van der Waals surface area contributed by atoms with Crippen LogP contribution >= 0.6 is 15.9 Å². The van der Waals surface area contributed by atoms with E-state index in [9.17, 15) is 0 Å².